The topological polar surface area (TPSA) is 62.2 Å². The SMILES string of the molecule is O=C(Nc1nc(C(F)(F)F)c(C(O)(c2ccccc2)c2ccccc2)s1)C(F)(F)F. The number of rotatable bonds is 4. The molecule has 0 spiro atoms. The first-order valence-corrected chi connectivity index (χ1v) is 9.05. The molecule has 0 bridgehead atoms. The molecule has 1 aromatic heterocycles. The fourth-order valence-electron chi connectivity index (χ4n) is 2.77. The number of hydrogen-bond donors (Lipinski definition) is 2. The molecule has 158 valence electrons. The number of hydrogen-bond acceptors (Lipinski definition) is 4. The highest BCUT2D eigenvalue weighted by atomic mass is 32.1. The molecule has 0 aliphatic heterocycles. The van der Waals surface area contributed by atoms with Crippen LogP contribution in [-0.2, 0) is 16.6 Å². The van der Waals surface area contributed by atoms with Crippen LogP contribution < -0.4 is 5.32 Å². The molecule has 0 aliphatic carbocycles. The maximum atomic E-state index is 13.7. The Hall–Kier alpha value is -2.92. The first-order chi connectivity index (χ1) is 13.9. The Bertz CT molecular complexity index is 993. The van der Waals surface area contributed by atoms with Crippen LogP contribution in [0, 0.1) is 0 Å². The number of nitrogens with one attached hydrogen (secondary N) is 1. The van der Waals surface area contributed by atoms with E-state index in [1.807, 2.05) is 0 Å². The van der Waals surface area contributed by atoms with Gasteiger partial charge in [-0.15, -0.1) is 0 Å². The molecule has 1 amide bonds. The molecule has 0 saturated carbocycles. The third kappa shape index (κ3) is 4.17. The average Bonchev–Trinajstić information content (AvgIpc) is 3.13. The number of carbonyl (C=O) groups excluding carboxylic acids is 1. The van der Waals surface area contributed by atoms with Crippen molar-refractivity contribution in [2.45, 2.75) is 18.0 Å². The summed E-state index contributed by atoms with van der Waals surface area (Å²) in [5, 5.41) is 11.9. The highest BCUT2D eigenvalue weighted by molar-refractivity contribution is 7.16. The van der Waals surface area contributed by atoms with Gasteiger partial charge in [0.15, 0.2) is 16.4 Å². The zero-order valence-corrected chi connectivity index (χ0v) is 15.6. The summed E-state index contributed by atoms with van der Waals surface area (Å²) in [5.41, 5.74) is -3.90. The minimum Gasteiger partial charge on any atom is -0.375 e. The molecule has 2 N–H and O–H groups in total. The van der Waals surface area contributed by atoms with E-state index >= 15 is 0 Å². The molecule has 4 nitrogen and oxygen atoms in total. The van der Waals surface area contributed by atoms with Crippen LogP contribution in [0.25, 0.3) is 0 Å². The predicted molar refractivity (Wildman–Crippen MR) is 96.8 cm³/mol. The molecule has 0 saturated heterocycles. The van der Waals surface area contributed by atoms with Gasteiger partial charge >= 0.3 is 18.3 Å². The van der Waals surface area contributed by atoms with Crippen molar-refractivity contribution < 1.29 is 36.2 Å². The molecule has 0 radical (unpaired) electrons. The Morgan fingerprint density at radius 3 is 1.73 bits per heavy atom. The van der Waals surface area contributed by atoms with Crippen molar-refractivity contribution in [3.8, 4) is 0 Å². The largest absolute Gasteiger partial charge is 0.471 e. The number of thiazole rings is 1. The standard InChI is InChI=1S/C19H12F6N2O2S/c20-18(21,22)13-14(30-16(26-13)27-15(28)19(23,24)25)17(29,11-7-3-1-4-8-11)12-9-5-2-6-10-12/h1-10,29H,(H,26,27,28). The van der Waals surface area contributed by atoms with E-state index in [1.165, 1.54) is 53.8 Å². The second-order valence-electron chi connectivity index (χ2n) is 6.09. The predicted octanol–water partition coefficient (Wildman–Crippen LogP) is 4.95. The van der Waals surface area contributed by atoms with Gasteiger partial charge in [0.25, 0.3) is 0 Å². The van der Waals surface area contributed by atoms with Gasteiger partial charge in [0, 0.05) is 0 Å². The quantitative estimate of drug-likeness (QED) is 0.558. The van der Waals surface area contributed by atoms with Crippen LogP contribution in [0.1, 0.15) is 21.7 Å². The van der Waals surface area contributed by atoms with Crippen LogP contribution in [0.3, 0.4) is 0 Å². The zero-order chi connectivity index (χ0) is 22.2. The summed E-state index contributed by atoms with van der Waals surface area (Å²) in [7, 11) is 0. The lowest BCUT2D eigenvalue weighted by Gasteiger charge is -2.29. The van der Waals surface area contributed by atoms with Gasteiger partial charge in [-0.2, -0.15) is 26.3 Å². The first-order valence-electron chi connectivity index (χ1n) is 8.24. The van der Waals surface area contributed by atoms with Crippen molar-refractivity contribution in [1.29, 1.82) is 0 Å². The Morgan fingerprint density at radius 2 is 1.33 bits per heavy atom. The van der Waals surface area contributed by atoms with Crippen LogP contribution in [0.5, 0.6) is 0 Å². The number of aromatic nitrogens is 1. The van der Waals surface area contributed by atoms with Gasteiger partial charge in [-0.25, -0.2) is 4.98 Å². The van der Waals surface area contributed by atoms with Crippen LogP contribution in [0.4, 0.5) is 31.5 Å². The van der Waals surface area contributed by atoms with E-state index in [4.69, 9.17) is 0 Å². The Balaban J connectivity index is 2.24. The fraction of sp³-hybridized carbons (Fsp3) is 0.158. The lowest BCUT2D eigenvalue weighted by atomic mass is 9.84. The van der Waals surface area contributed by atoms with Crippen molar-refractivity contribution in [2.24, 2.45) is 0 Å². The van der Waals surface area contributed by atoms with Crippen LogP contribution in [-0.4, -0.2) is 22.2 Å². The maximum Gasteiger partial charge on any atom is 0.471 e. The molecule has 11 heteroatoms. The second-order valence-corrected chi connectivity index (χ2v) is 7.09. The van der Waals surface area contributed by atoms with E-state index in [0.717, 1.165) is 0 Å². The molecule has 1 heterocycles. The monoisotopic (exact) mass is 446 g/mol. The van der Waals surface area contributed by atoms with Crippen molar-refractivity contribution in [2.75, 3.05) is 5.32 Å². The molecule has 0 unspecified atom stereocenters. The number of aliphatic hydroxyl groups is 1. The fourth-order valence-corrected chi connectivity index (χ4v) is 3.88. The van der Waals surface area contributed by atoms with E-state index in [9.17, 15) is 36.2 Å². The van der Waals surface area contributed by atoms with E-state index in [1.54, 1.807) is 12.1 Å². The van der Waals surface area contributed by atoms with E-state index in [0.29, 0.717) is 0 Å². The Kier molecular flexibility index (Phi) is 5.61. The lowest BCUT2D eigenvalue weighted by Crippen LogP contribution is -2.30. The zero-order valence-electron chi connectivity index (χ0n) is 14.8. The minimum atomic E-state index is -5.32. The summed E-state index contributed by atoms with van der Waals surface area (Å²) in [6.07, 6.45) is -10.4. The third-order valence-corrected chi connectivity index (χ3v) is 5.16. The first kappa shape index (κ1) is 21.8. The highest BCUT2D eigenvalue weighted by Gasteiger charge is 2.47. The molecule has 0 fully saturated rings. The summed E-state index contributed by atoms with van der Waals surface area (Å²) in [5.74, 6) is -2.47. The molecule has 3 rings (SSSR count). The number of alkyl halides is 6. The number of amides is 1. The smallest absolute Gasteiger partial charge is 0.375 e. The van der Waals surface area contributed by atoms with Crippen molar-refractivity contribution in [3.05, 3.63) is 82.4 Å². The van der Waals surface area contributed by atoms with Crippen LogP contribution >= 0.6 is 11.3 Å². The normalized spacial score (nSPS) is 12.6. The van der Waals surface area contributed by atoms with Crippen LogP contribution in [0.15, 0.2) is 60.7 Å². The van der Waals surface area contributed by atoms with Crippen molar-refractivity contribution >= 4 is 22.4 Å². The molecule has 30 heavy (non-hydrogen) atoms. The number of carbonyl (C=O) groups is 1. The number of halogens is 6. The summed E-state index contributed by atoms with van der Waals surface area (Å²) in [4.78, 5) is 13.6. The van der Waals surface area contributed by atoms with Gasteiger partial charge in [-0.05, 0) is 11.1 Å². The number of anilines is 1. The number of benzene rings is 2. The summed E-state index contributed by atoms with van der Waals surface area (Å²) in [6, 6.07) is 14.6. The third-order valence-electron chi connectivity index (χ3n) is 4.09. The lowest BCUT2D eigenvalue weighted by molar-refractivity contribution is -0.167. The van der Waals surface area contributed by atoms with Gasteiger partial charge in [0.2, 0.25) is 0 Å². The van der Waals surface area contributed by atoms with Crippen molar-refractivity contribution in [3.63, 3.8) is 0 Å². The van der Waals surface area contributed by atoms with Crippen LogP contribution in [0.2, 0.25) is 0 Å². The second kappa shape index (κ2) is 7.73. The van der Waals surface area contributed by atoms with Gasteiger partial charge in [-0.3, -0.25) is 10.1 Å². The molecule has 3 aromatic rings. The molecular weight excluding hydrogens is 434 g/mol. The van der Waals surface area contributed by atoms with Crippen molar-refractivity contribution in [1.82, 2.24) is 4.98 Å². The van der Waals surface area contributed by atoms with Gasteiger partial charge < -0.3 is 5.11 Å². The van der Waals surface area contributed by atoms with Gasteiger partial charge in [-0.1, -0.05) is 72.0 Å². The average molecular weight is 446 g/mol. The molecule has 2 aromatic carbocycles. The Labute approximate surface area is 169 Å². The molecule has 0 aliphatic rings. The van der Waals surface area contributed by atoms with E-state index in [-0.39, 0.29) is 22.5 Å². The highest BCUT2D eigenvalue weighted by Crippen LogP contribution is 2.47. The Morgan fingerprint density at radius 1 is 0.867 bits per heavy atom. The van der Waals surface area contributed by atoms with Gasteiger partial charge in [0.05, 0.1) is 4.88 Å². The van der Waals surface area contributed by atoms with Gasteiger partial charge in [0.1, 0.15) is 0 Å². The van der Waals surface area contributed by atoms with E-state index < -0.39 is 39.6 Å². The molecule has 0 atom stereocenters. The number of nitrogens with zero attached hydrogens (tertiary/aromatic N) is 1. The minimum absolute atomic E-state index is 0.0408. The summed E-state index contributed by atoms with van der Waals surface area (Å²) in [6.45, 7) is 0. The summed E-state index contributed by atoms with van der Waals surface area (Å²) >= 11 is 0.114. The van der Waals surface area contributed by atoms with E-state index in [2.05, 4.69) is 4.98 Å². The maximum absolute atomic E-state index is 13.7. The molecular formula is C19H12F6N2O2S. The summed E-state index contributed by atoms with van der Waals surface area (Å²) < 4.78 is 78.7.